The summed E-state index contributed by atoms with van der Waals surface area (Å²) in [5.74, 6) is 0.305. The molecule has 66 valence electrons. The maximum Gasteiger partial charge on any atom is 0.271 e. The van der Waals surface area contributed by atoms with Gasteiger partial charge in [0.05, 0.1) is 5.36 Å². The summed E-state index contributed by atoms with van der Waals surface area (Å²) in [6.07, 6.45) is 3.25. The summed E-state index contributed by atoms with van der Waals surface area (Å²) in [6.45, 7) is 0. The molecule has 0 unspecified atom stereocenters. The number of hydrogen-bond acceptors (Lipinski definition) is 2. The van der Waals surface area contributed by atoms with Gasteiger partial charge in [-0.3, -0.25) is 4.79 Å². The van der Waals surface area contributed by atoms with E-state index >= 15 is 0 Å². The second kappa shape index (κ2) is 2.48. The zero-order valence-corrected chi connectivity index (χ0v) is 7.27. The fourth-order valence-electron chi connectivity index (χ4n) is 1.64. The highest BCUT2D eigenvalue weighted by Gasteiger charge is 2.16. The minimum Gasteiger partial charge on any atom is -0.267 e. The number of aliphatic imine (C=N–C) groups is 1. The zero-order chi connectivity index (χ0) is 9.54. The molecule has 1 aromatic carbocycles. The molecule has 3 heteroatoms. The maximum atomic E-state index is 11.0. The maximum absolute atomic E-state index is 11.0. The standard InChI is InChI=1S/C11H6N2O/c14-10-6-5-8-7-3-1-2-4-9(7)12-11(8)13-10/h1-6H. The highest BCUT2D eigenvalue weighted by Crippen LogP contribution is 2.09. The molecule has 0 saturated carbocycles. The van der Waals surface area contributed by atoms with Crippen molar-refractivity contribution in [2.45, 2.75) is 0 Å². The number of carbonyl (C=O) groups is 1. The van der Waals surface area contributed by atoms with E-state index in [0.717, 1.165) is 16.1 Å². The first-order valence-electron chi connectivity index (χ1n) is 4.34. The van der Waals surface area contributed by atoms with Crippen molar-refractivity contribution in [2.75, 3.05) is 0 Å². The third kappa shape index (κ3) is 0.893. The van der Waals surface area contributed by atoms with Gasteiger partial charge in [0, 0.05) is 16.9 Å². The van der Waals surface area contributed by atoms with E-state index in [2.05, 4.69) is 9.98 Å². The first-order chi connectivity index (χ1) is 6.84. The number of benzene rings is 1. The van der Waals surface area contributed by atoms with Crippen LogP contribution in [0.25, 0.3) is 5.57 Å². The van der Waals surface area contributed by atoms with Crippen LogP contribution in [0.4, 0.5) is 0 Å². The molecule has 2 aliphatic heterocycles. The van der Waals surface area contributed by atoms with E-state index in [0.29, 0.717) is 5.84 Å². The molecule has 1 amide bonds. The molecule has 1 aromatic rings. The Morgan fingerprint density at radius 2 is 1.86 bits per heavy atom. The van der Waals surface area contributed by atoms with E-state index in [9.17, 15) is 4.79 Å². The van der Waals surface area contributed by atoms with Crippen molar-refractivity contribution in [1.82, 2.24) is 0 Å². The van der Waals surface area contributed by atoms with Crippen molar-refractivity contribution < 1.29 is 4.79 Å². The van der Waals surface area contributed by atoms with E-state index in [4.69, 9.17) is 0 Å². The highest BCUT2D eigenvalue weighted by molar-refractivity contribution is 6.28. The predicted octanol–water partition coefficient (Wildman–Crippen LogP) is -0.0346. The fraction of sp³-hybridized carbons (Fsp3) is 0. The van der Waals surface area contributed by atoms with E-state index in [-0.39, 0.29) is 5.91 Å². The first kappa shape index (κ1) is 7.38. The molecule has 14 heavy (non-hydrogen) atoms. The lowest BCUT2D eigenvalue weighted by Gasteiger charge is -1.99. The Labute approximate surface area is 79.8 Å². The average Bonchev–Trinajstić information content (AvgIpc) is 2.54. The van der Waals surface area contributed by atoms with Crippen LogP contribution in [0.2, 0.25) is 0 Å². The van der Waals surface area contributed by atoms with Gasteiger partial charge in [0.1, 0.15) is 0 Å². The van der Waals surface area contributed by atoms with Crippen LogP contribution in [0.3, 0.4) is 0 Å². The van der Waals surface area contributed by atoms with Gasteiger partial charge in [-0.2, -0.15) is 4.99 Å². The minimum atomic E-state index is -0.236. The molecule has 3 rings (SSSR count). The fourth-order valence-corrected chi connectivity index (χ4v) is 1.64. The van der Waals surface area contributed by atoms with Gasteiger partial charge in [0.15, 0.2) is 5.84 Å². The normalized spacial score (nSPS) is 17.3. The van der Waals surface area contributed by atoms with Crippen molar-refractivity contribution >= 4 is 17.3 Å². The van der Waals surface area contributed by atoms with Gasteiger partial charge in [-0.1, -0.05) is 18.2 Å². The molecule has 0 atom stereocenters. The zero-order valence-electron chi connectivity index (χ0n) is 7.27. The van der Waals surface area contributed by atoms with Gasteiger partial charge in [-0.05, 0) is 12.1 Å². The van der Waals surface area contributed by atoms with Crippen LogP contribution in [0.5, 0.6) is 0 Å². The van der Waals surface area contributed by atoms with Crippen molar-refractivity contribution in [3.63, 3.8) is 0 Å². The Morgan fingerprint density at radius 1 is 1.00 bits per heavy atom. The summed E-state index contributed by atoms with van der Waals surface area (Å²) in [5.41, 5.74) is 0.945. The lowest BCUT2D eigenvalue weighted by molar-refractivity contribution is -0.113. The Hall–Kier alpha value is -2.03. The number of carbonyl (C=O) groups excluding carboxylic acids is 1. The second-order valence-corrected chi connectivity index (χ2v) is 3.15. The van der Waals surface area contributed by atoms with Crippen molar-refractivity contribution in [3.8, 4) is 0 Å². The molecule has 0 radical (unpaired) electrons. The number of fused-ring (bicyclic) bond motifs is 2. The molecule has 0 N–H and O–H groups in total. The molecule has 2 aliphatic rings. The number of amidine groups is 1. The van der Waals surface area contributed by atoms with E-state index < -0.39 is 0 Å². The van der Waals surface area contributed by atoms with Crippen molar-refractivity contribution in [2.24, 2.45) is 9.98 Å². The van der Waals surface area contributed by atoms with Gasteiger partial charge >= 0.3 is 0 Å². The third-order valence-corrected chi connectivity index (χ3v) is 2.27. The smallest absolute Gasteiger partial charge is 0.267 e. The molecule has 0 aromatic heterocycles. The van der Waals surface area contributed by atoms with Gasteiger partial charge in [0.25, 0.3) is 5.91 Å². The number of nitrogens with zero attached hydrogens (tertiary/aromatic N) is 2. The van der Waals surface area contributed by atoms with E-state index in [1.807, 2.05) is 24.3 Å². The number of rotatable bonds is 0. The molecule has 0 saturated heterocycles. The summed E-state index contributed by atoms with van der Waals surface area (Å²) in [6, 6.07) is 7.78. The van der Waals surface area contributed by atoms with E-state index in [1.54, 1.807) is 6.08 Å². The molecule has 0 fully saturated rings. The molecular formula is C11H6N2O. The Kier molecular flexibility index (Phi) is 1.31. The average molecular weight is 182 g/mol. The molecule has 3 nitrogen and oxygen atoms in total. The molecule has 0 spiro atoms. The van der Waals surface area contributed by atoms with Crippen LogP contribution >= 0.6 is 0 Å². The number of amides is 1. The number of dihydropyridines is 1. The molecule has 2 heterocycles. The van der Waals surface area contributed by atoms with Crippen LogP contribution in [-0.4, -0.2) is 11.7 Å². The quantitative estimate of drug-likeness (QED) is 0.555. The van der Waals surface area contributed by atoms with Gasteiger partial charge in [-0.15, -0.1) is 0 Å². The molecule has 0 bridgehead atoms. The Morgan fingerprint density at radius 3 is 2.79 bits per heavy atom. The van der Waals surface area contributed by atoms with Crippen molar-refractivity contribution in [3.05, 3.63) is 47.0 Å². The van der Waals surface area contributed by atoms with Crippen LogP contribution in [-0.2, 0) is 4.79 Å². The summed E-state index contributed by atoms with van der Waals surface area (Å²) in [7, 11) is 0. The highest BCUT2D eigenvalue weighted by atomic mass is 16.1. The molecular weight excluding hydrogens is 176 g/mol. The predicted molar refractivity (Wildman–Crippen MR) is 52.2 cm³/mol. The minimum absolute atomic E-state index is 0.236. The first-order valence-corrected chi connectivity index (χ1v) is 4.34. The summed E-state index contributed by atoms with van der Waals surface area (Å²) in [5, 5.41) is 1.94. The van der Waals surface area contributed by atoms with Gasteiger partial charge in [0.2, 0.25) is 0 Å². The lowest BCUT2D eigenvalue weighted by Crippen LogP contribution is -2.21. The van der Waals surface area contributed by atoms with Crippen LogP contribution in [0.15, 0.2) is 46.4 Å². The Bertz CT molecular complexity index is 608. The van der Waals surface area contributed by atoms with Gasteiger partial charge < -0.3 is 0 Å². The second-order valence-electron chi connectivity index (χ2n) is 3.15. The van der Waals surface area contributed by atoms with Crippen LogP contribution in [0.1, 0.15) is 0 Å². The molecule has 0 aliphatic carbocycles. The monoisotopic (exact) mass is 182 g/mol. The van der Waals surface area contributed by atoms with Crippen molar-refractivity contribution in [1.29, 1.82) is 0 Å². The number of hydrogen-bond donors (Lipinski definition) is 0. The number of para-hydroxylation sites is 1. The largest absolute Gasteiger partial charge is 0.271 e. The summed E-state index contributed by atoms with van der Waals surface area (Å²) >= 11 is 0. The van der Waals surface area contributed by atoms with E-state index in [1.165, 1.54) is 6.08 Å². The van der Waals surface area contributed by atoms with Gasteiger partial charge in [-0.25, -0.2) is 4.99 Å². The SMILES string of the molecule is O=C1C=CC2=c3ccccc3=NC2=N1. The lowest BCUT2D eigenvalue weighted by atomic mass is 10.1. The van der Waals surface area contributed by atoms with Crippen LogP contribution < -0.4 is 10.6 Å². The topological polar surface area (TPSA) is 41.8 Å². The summed E-state index contributed by atoms with van der Waals surface area (Å²) < 4.78 is 0. The summed E-state index contributed by atoms with van der Waals surface area (Å²) in [4.78, 5) is 19.1. The third-order valence-electron chi connectivity index (χ3n) is 2.27. The van der Waals surface area contributed by atoms with Crippen LogP contribution in [0, 0.1) is 0 Å². The Balaban J connectivity index is 2.45.